The molecule has 2 N–H and O–H groups in total. The summed E-state index contributed by atoms with van der Waals surface area (Å²) < 4.78 is 10.8. The first-order valence-electron chi connectivity index (χ1n) is 7.07. The normalized spacial score (nSPS) is 18.0. The number of anilines is 2. The number of nitrogens with zero attached hydrogens (tertiary/aromatic N) is 2. The highest BCUT2D eigenvalue weighted by molar-refractivity contribution is 5.93. The summed E-state index contributed by atoms with van der Waals surface area (Å²) in [5, 5.41) is 2.70. The molecular formula is C15H18N4O3. The lowest BCUT2D eigenvalue weighted by molar-refractivity contribution is -0.128. The Morgan fingerprint density at radius 2 is 2.45 bits per heavy atom. The molecule has 0 radical (unpaired) electrons. The highest BCUT2D eigenvalue weighted by Gasteiger charge is 2.27. The number of methoxy groups -OCH3 is 1. The van der Waals surface area contributed by atoms with Gasteiger partial charge in [0.05, 0.1) is 20.3 Å². The van der Waals surface area contributed by atoms with Gasteiger partial charge in [-0.15, -0.1) is 0 Å². The quantitative estimate of drug-likeness (QED) is 0.889. The summed E-state index contributed by atoms with van der Waals surface area (Å²) in [6, 6.07) is 7.77. The van der Waals surface area contributed by atoms with E-state index in [1.165, 1.54) is 0 Å². The topological polar surface area (TPSA) is 79.5 Å². The molecule has 3 rings (SSSR count). The largest absolute Gasteiger partial charge is 0.497 e. The number of aromatic amines is 1. The second-order valence-corrected chi connectivity index (χ2v) is 4.93. The Morgan fingerprint density at radius 3 is 3.23 bits per heavy atom. The molecule has 0 saturated carbocycles. The molecule has 1 fully saturated rings. The SMILES string of the molecule is COc1cccc(N2CCO[C@H](C(=O)Nc3ncc[nH]3)C2)c1. The minimum absolute atomic E-state index is 0.206. The fraction of sp³-hybridized carbons (Fsp3) is 0.333. The average molecular weight is 302 g/mol. The van der Waals surface area contributed by atoms with Gasteiger partial charge in [0, 0.05) is 30.7 Å². The van der Waals surface area contributed by atoms with Gasteiger partial charge in [-0.25, -0.2) is 4.98 Å². The summed E-state index contributed by atoms with van der Waals surface area (Å²) in [5.74, 6) is 1.01. The number of H-pyrrole nitrogens is 1. The molecule has 1 aliphatic heterocycles. The predicted octanol–water partition coefficient (Wildman–Crippen LogP) is 1.26. The Morgan fingerprint density at radius 1 is 1.55 bits per heavy atom. The Balaban J connectivity index is 1.67. The van der Waals surface area contributed by atoms with Gasteiger partial charge >= 0.3 is 0 Å². The maximum absolute atomic E-state index is 12.2. The van der Waals surface area contributed by atoms with Gasteiger partial charge < -0.3 is 19.4 Å². The van der Waals surface area contributed by atoms with Crippen LogP contribution < -0.4 is 15.0 Å². The molecule has 0 bridgehead atoms. The minimum atomic E-state index is -0.537. The third-order valence-electron chi connectivity index (χ3n) is 3.52. The van der Waals surface area contributed by atoms with Crippen molar-refractivity contribution in [3.63, 3.8) is 0 Å². The number of imidazole rings is 1. The number of ether oxygens (including phenoxy) is 2. The maximum atomic E-state index is 12.2. The van der Waals surface area contributed by atoms with Gasteiger partial charge in [-0.1, -0.05) is 6.07 Å². The van der Waals surface area contributed by atoms with Crippen molar-refractivity contribution in [2.45, 2.75) is 6.10 Å². The number of morpholine rings is 1. The molecule has 2 heterocycles. The summed E-state index contributed by atoms with van der Waals surface area (Å²) in [7, 11) is 1.64. The zero-order valence-electron chi connectivity index (χ0n) is 12.3. The molecule has 1 aliphatic rings. The number of hydrogen-bond acceptors (Lipinski definition) is 5. The average Bonchev–Trinajstić information content (AvgIpc) is 3.08. The number of benzene rings is 1. The van der Waals surface area contributed by atoms with Crippen molar-refractivity contribution in [2.75, 3.05) is 37.0 Å². The number of carbonyl (C=O) groups is 1. The van der Waals surface area contributed by atoms with E-state index in [0.29, 0.717) is 19.1 Å². The van der Waals surface area contributed by atoms with Crippen LogP contribution in [0.4, 0.5) is 11.6 Å². The van der Waals surface area contributed by atoms with Crippen molar-refractivity contribution < 1.29 is 14.3 Å². The lowest BCUT2D eigenvalue weighted by Crippen LogP contribution is -2.48. The van der Waals surface area contributed by atoms with Crippen molar-refractivity contribution in [1.82, 2.24) is 9.97 Å². The zero-order valence-corrected chi connectivity index (χ0v) is 12.3. The van der Waals surface area contributed by atoms with E-state index < -0.39 is 6.10 Å². The summed E-state index contributed by atoms with van der Waals surface area (Å²) in [5.41, 5.74) is 1.01. The monoisotopic (exact) mass is 302 g/mol. The van der Waals surface area contributed by atoms with Gasteiger partial charge in [0.15, 0.2) is 6.10 Å². The molecule has 7 heteroatoms. The molecule has 1 amide bonds. The molecule has 1 atom stereocenters. The maximum Gasteiger partial charge on any atom is 0.257 e. The van der Waals surface area contributed by atoms with Crippen LogP contribution in [-0.2, 0) is 9.53 Å². The van der Waals surface area contributed by atoms with E-state index in [1.807, 2.05) is 24.3 Å². The molecule has 0 spiro atoms. The molecule has 1 aromatic carbocycles. The molecule has 22 heavy (non-hydrogen) atoms. The van der Waals surface area contributed by atoms with Crippen LogP contribution in [0, 0.1) is 0 Å². The van der Waals surface area contributed by atoms with Crippen molar-refractivity contribution in [3.05, 3.63) is 36.7 Å². The fourth-order valence-corrected chi connectivity index (χ4v) is 2.38. The highest BCUT2D eigenvalue weighted by Crippen LogP contribution is 2.23. The lowest BCUT2D eigenvalue weighted by Gasteiger charge is -2.33. The van der Waals surface area contributed by atoms with Gasteiger partial charge in [-0.2, -0.15) is 0 Å². The van der Waals surface area contributed by atoms with Gasteiger partial charge in [0.1, 0.15) is 5.75 Å². The number of rotatable bonds is 4. The first-order valence-corrected chi connectivity index (χ1v) is 7.07. The first kappa shape index (κ1) is 14.4. The highest BCUT2D eigenvalue weighted by atomic mass is 16.5. The zero-order chi connectivity index (χ0) is 15.4. The number of amides is 1. The Bertz CT molecular complexity index is 629. The molecule has 1 aromatic heterocycles. The molecule has 2 aromatic rings. The van der Waals surface area contributed by atoms with Crippen molar-refractivity contribution in [2.24, 2.45) is 0 Å². The summed E-state index contributed by atoms with van der Waals surface area (Å²) in [6.45, 7) is 1.71. The van der Waals surface area contributed by atoms with Crippen LogP contribution in [0.3, 0.4) is 0 Å². The van der Waals surface area contributed by atoms with Gasteiger partial charge in [-0.3, -0.25) is 10.1 Å². The molecule has 116 valence electrons. The van der Waals surface area contributed by atoms with Crippen molar-refractivity contribution in [3.8, 4) is 5.75 Å². The van der Waals surface area contributed by atoms with E-state index in [-0.39, 0.29) is 5.91 Å². The van der Waals surface area contributed by atoms with Crippen LogP contribution in [0.1, 0.15) is 0 Å². The van der Waals surface area contributed by atoms with Gasteiger partial charge in [-0.05, 0) is 12.1 Å². The van der Waals surface area contributed by atoms with Crippen LogP contribution in [0.15, 0.2) is 36.7 Å². The molecule has 7 nitrogen and oxygen atoms in total. The van der Waals surface area contributed by atoms with Crippen LogP contribution in [0.5, 0.6) is 5.75 Å². The summed E-state index contributed by atoms with van der Waals surface area (Å²) in [4.78, 5) is 21.1. The Labute approximate surface area is 128 Å². The Kier molecular flexibility index (Phi) is 4.24. The lowest BCUT2D eigenvalue weighted by atomic mass is 10.2. The number of carbonyl (C=O) groups excluding carboxylic acids is 1. The van der Waals surface area contributed by atoms with E-state index in [2.05, 4.69) is 20.2 Å². The summed E-state index contributed by atoms with van der Waals surface area (Å²) in [6.07, 6.45) is 2.70. The second-order valence-electron chi connectivity index (χ2n) is 4.93. The van der Waals surface area contributed by atoms with Crippen molar-refractivity contribution >= 4 is 17.5 Å². The summed E-state index contributed by atoms with van der Waals surface area (Å²) >= 11 is 0. The third-order valence-corrected chi connectivity index (χ3v) is 3.52. The smallest absolute Gasteiger partial charge is 0.257 e. The van der Waals surface area contributed by atoms with E-state index in [4.69, 9.17) is 9.47 Å². The van der Waals surface area contributed by atoms with Crippen molar-refractivity contribution in [1.29, 1.82) is 0 Å². The number of aromatic nitrogens is 2. The predicted molar refractivity (Wildman–Crippen MR) is 82.2 cm³/mol. The van der Waals surface area contributed by atoms with E-state index >= 15 is 0 Å². The van der Waals surface area contributed by atoms with E-state index in [0.717, 1.165) is 18.0 Å². The minimum Gasteiger partial charge on any atom is -0.497 e. The molecule has 1 saturated heterocycles. The van der Waals surface area contributed by atoms with Gasteiger partial charge in [0.2, 0.25) is 5.95 Å². The fourth-order valence-electron chi connectivity index (χ4n) is 2.38. The number of hydrogen-bond donors (Lipinski definition) is 2. The van der Waals surface area contributed by atoms with Crippen LogP contribution >= 0.6 is 0 Å². The van der Waals surface area contributed by atoms with E-state index in [1.54, 1.807) is 19.5 Å². The van der Waals surface area contributed by atoms with Crippen LogP contribution in [0.25, 0.3) is 0 Å². The molecular weight excluding hydrogens is 284 g/mol. The number of nitrogens with one attached hydrogen (secondary N) is 2. The Hall–Kier alpha value is -2.54. The van der Waals surface area contributed by atoms with E-state index in [9.17, 15) is 4.79 Å². The first-order chi connectivity index (χ1) is 10.8. The van der Waals surface area contributed by atoms with Crippen LogP contribution in [0.2, 0.25) is 0 Å². The molecule has 0 aliphatic carbocycles. The van der Waals surface area contributed by atoms with Crippen LogP contribution in [-0.4, -0.2) is 48.8 Å². The van der Waals surface area contributed by atoms with Gasteiger partial charge in [0.25, 0.3) is 5.91 Å². The second kappa shape index (κ2) is 6.48. The standard InChI is InChI=1S/C15H18N4O3/c1-21-12-4-2-3-11(9-12)19-7-8-22-13(10-19)14(20)18-15-16-5-6-17-15/h2-6,9,13H,7-8,10H2,1H3,(H2,16,17,18,20)/t13-/m0/s1. The third kappa shape index (κ3) is 3.20. The molecule has 0 unspecified atom stereocenters.